The number of rotatable bonds is 2. The molecule has 3 heteroatoms. The average Bonchev–Trinajstić information content (AvgIpc) is 2.33. The van der Waals surface area contributed by atoms with E-state index in [1.54, 1.807) is 12.1 Å². The Labute approximate surface area is 99.1 Å². The first-order chi connectivity index (χ1) is 7.81. The van der Waals surface area contributed by atoms with Crippen LogP contribution >= 0.6 is 11.6 Å². The molecule has 2 aromatic rings. The highest BCUT2D eigenvalue weighted by molar-refractivity contribution is 6.33. The highest BCUT2D eigenvalue weighted by Gasteiger charge is 2.03. The van der Waals surface area contributed by atoms with E-state index in [-0.39, 0.29) is 0 Å². The van der Waals surface area contributed by atoms with Crippen molar-refractivity contribution in [3.05, 3.63) is 59.1 Å². The standard InChI is InChI=1S/C13H9ClN2/c14-11-6-2-4-8-13(11)16-12-7-3-1-5-10(12)9-15/h1-8,16H. The monoisotopic (exact) mass is 228 g/mol. The molecule has 0 bridgehead atoms. The molecule has 78 valence electrons. The van der Waals surface area contributed by atoms with Gasteiger partial charge in [-0.2, -0.15) is 5.26 Å². The Hall–Kier alpha value is -1.98. The molecule has 2 rings (SSSR count). The van der Waals surface area contributed by atoms with Gasteiger partial charge in [0.2, 0.25) is 0 Å². The van der Waals surface area contributed by atoms with Gasteiger partial charge in [0.25, 0.3) is 0 Å². The van der Waals surface area contributed by atoms with E-state index in [9.17, 15) is 0 Å². The smallest absolute Gasteiger partial charge is 0.101 e. The van der Waals surface area contributed by atoms with Gasteiger partial charge in [-0.25, -0.2) is 0 Å². The van der Waals surface area contributed by atoms with Crippen LogP contribution in [-0.4, -0.2) is 0 Å². The number of anilines is 2. The second kappa shape index (κ2) is 4.69. The number of hydrogen-bond donors (Lipinski definition) is 1. The number of nitrogens with zero attached hydrogens (tertiary/aromatic N) is 1. The van der Waals surface area contributed by atoms with Crippen LogP contribution in [0.4, 0.5) is 11.4 Å². The second-order valence-corrected chi connectivity index (χ2v) is 3.67. The number of hydrogen-bond acceptors (Lipinski definition) is 2. The maximum Gasteiger partial charge on any atom is 0.101 e. The zero-order chi connectivity index (χ0) is 11.4. The van der Waals surface area contributed by atoms with Crippen LogP contribution in [0.15, 0.2) is 48.5 Å². The molecule has 0 aliphatic carbocycles. The summed E-state index contributed by atoms with van der Waals surface area (Å²) in [5, 5.41) is 12.7. The van der Waals surface area contributed by atoms with E-state index in [4.69, 9.17) is 16.9 Å². The molecule has 16 heavy (non-hydrogen) atoms. The van der Waals surface area contributed by atoms with Gasteiger partial charge in [-0.3, -0.25) is 0 Å². The van der Waals surface area contributed by atoms with Crippen LogP contribution in [0.2, 0.25) is 5.02 Å². The van der Waals surface area contributed by atoms with Crippen LogP contribution in [0, 0.1) is 11.3 Å². The van der Waals surface area contributed by atoms with Gasteiger partial charge in [-0.15, -0.1) is 0 Å². The van der Waals surface area contributed by atoms with Gasteiger partial charge in [0, 0.05) is 0 Å². The molecule has 0 aromatic heterocycles. The van der Waals surface area contributed by atoms with Crippen LogP contribution < -0.4 is 5.32 Å². The van der Waals surface area contributed by atoms with Crippen molar-refractivity contribution in [1.82, 2.24) is 0 Å². The van der Waals surface area contributed by atoms with Crippen molar-refractivity contribution in [2.24, 2.45) is 0 Å². The number of para-hydroxylation sites is 2. The third kappa shape index (κ3) is 2.16. The SMILES string of the molecule is N#Cc1ccccc1Nc1ccccc1Cl. The summed E-state index contributed by atoms with van der Waals surface area (Å²) in [6.45, 7) is 0. The third-order valence-corrected chi connectivity index (χ3v) is 2.52. The highest BCUT2D eigenvalue weighted by atomic mass is 35.5. The largest absolute Gasteiger partial charge is 0.353 e. The van der Waals surface area contributed by atoms with Crippen molar-refractivity contribution in [3.8, 4) is 6.07 Å². The van der Waals surface area contributed by atoms with E-state index in [1.165, 1.54) is 0 Å². The summed E-state index contributed by atoms with van der Waals surface area (Å²) in [6.07, 6.45) is 0. The Morgan fingerprint density at radius 3 is 2.25 bits per heavy atom. The molecular formula is C13H9ClN2. The summed E-state index contributed by atoms with van der Waals surface area (Å²) in [7, 11) is 0. The third-order valence-electron chi connectivity index (χ3n) is 2.19. The Morgan fingerprint density at radius 2 is 1.56 bits per heavy atom. The second-order valence-electron chi connectivity index (χ2n) is 3.26. The molecule has 2 nitrogen and oxygen atoms in total. The number of halogens is 1. The maximum absolute atomic E-state index is 8.94. The maximum atomic E-state index is 8.94. The van der Waals surface area contributed by atoms with Crippen LogP contribution in [0.5, 0.6) is 0 Å². The fraction of sp³-hybridized carbons (Fsp3) is 0. The first kappa shape index (κ1) is 10.5. The van der Waals surface area contributed by atoms with Crippen LogP contribution in [0.25, 0.3) is 0 Å². The Kier molecular flexibility index (Phi) is 3.09. The molecule has 0 unspecified atom stereocenters. The van der Waals surface area contributed by atoms with Gasteiger partial charge in [-0.1, -0.05) is 35.9 Å². The normalized spacial score (nSPS) is 9.50. The number of nitrogens with one attached hydrogen (secondary N) is 1. The fourth-order valence-electron chi connectivity index (χ4n) is 1.40. The molecule has 0 aliphatic heterocycles. The highest BCUT2D eigenvalue weighted by Crippen LogP contribution is 2.26. The van der Waals surface area contributed by atoms with Crippen molar-refractivity contribution in [1.29, 1.82) is 5.26 Å². The van der Waals surface area contributed by atoms with E-state index in [1.807, 2.05) is 36.4 Å². The molecule has 0 amide bonds. The summed E-state index contributed by atoms with van der Waals surface area (Å²) in [5.74, 6) is 0. The van der Waals surface area contributed by atoms with E-state index in [0.29, 0.717) is 10.6 Å². The molecule has 0 saturated heterocycles. The molecule has 0 heterocycles. The summed E-state index contributed by atoms with van der Waals surface area (Å²) in [4.78, 5) is 0. The lowest BCUT2D eigenvalue weighted by Crippen LogP contribution is -1.93. The minimum Gasteiger partial charge on any atom is -0.353 e. The fourth-order valence-corrected chi connectivity index (χ4v) is 1.58. The van der Waals surface area contributed by atoms with Crippen molar-refractivity contribution in [2.75, 3.05) is 5.32 Å². The minimum absolute atomic E-state index is 0.599. The van der Waals surface area contributed by atoms with Crippen LogP contribution in [0.1, 0.15) is 5.56 Å². The topological polar surface area (TPSA) is 35.8 Å². The zero-order valence-corrected chi connectivity index (χ0v) is 9.20. The number of benzene rings is 2. The van der Waals surface area contributed by atoms with E-state index in [2.05, 4.69) is 11.4 Å². The molecule has 1 N–H and O–H groups in total. The molecule has 0 saturated carbocycles. The molecule has 0 aliphatic rings. The lowest BCUT2D eigenvalue weighted by molar-refractivity contribution is 1.46. The zero-order valence-electron chi connectivity index (χ0n) is 8.44. The first-order valence-electron chi connectivity index (χ1n) is 4.82. The van der Waals surface area contributed by atoms with E-state index >= 15 is 0 Å². The van der Waals surface area contributed by atoms with Gasteiger partial charge < -0.3 is 5.32 Å². The van der Waals surface area contributed by atoms with E-state index < -0.39 is 0 Å². The molecule has 0 radical (unpaired) electrons. The predicted octanol–water partition coefficient (Wildman–Crippen LogP) is 3.96. The van der Waals surface area contributed by atoms with Crippen molar-refractivity contribution in [3.63, 3.8) is 0 Å². The lowest BCUT2D eigenvalue weighted by atomic mass is 10.2. The molecule has 0 atom stereocenters. The molecular weight excluding hydrogens is 220 g/mol. The summed E-state index contributed by atoms with van der Waals surface area (Å²) in [6, 6.07) is 16.9. The summed E-state index contributed by atoms with van der Waals surface area (Å²) in [5.41, 5.74) is 2.16. The predicted molar refractivity (Wildman–Crippen MR) is 65.9 cm³/mol. The van der Waals surface area contributed by atoms with Gasteiger partial charge in [0.15, 0.2) is 0 Å². The van der Waals surface area contributed by atoms with Crippen molar-refractivity contribution >= 4 is 23.0 Å². The number of nitriles is 1. The van der Waals surface area contributed by atoms with Gasteiger partial charge in [0.05, 0.1) is 22.0 Å². The quantitative estimate of drug-likeness (QED) is 0.845. The van der Waals surface area contributed by atoms with Gasteiger partial charge >= 0.3 is 0 Å². The Balaban J connectivity index is 2.35. The van der Waals surface area contributed by atoms with Crippen molar-refractivity contribution in [2.45, 2.75) is 0 Å². The van der Waals surface area contributed by atoms with Gasteiger partial charge in [0.1, 0.15) is 6.07 Å². The summed E-state index contributed by atoms with van der Waals surface area (Å²) >= 11 is 6.02. The Bertz CT molecular complexity index is 544. The average molecular weight is 229 g/mol. The van der Waals surface area contributed by atoms with Gasteiger partial charge in [-0.05, 0) is 24.3 Å². The minimum atomic E-state index is 0.599. The molecule has 2 aromatic carbocycles. The lowest BCUT2D eigenvalue weighted by Gasteiger charge is -2.09. The van der Waals surface area contributed by atoms with Crippen LogP contribution in [-0.2, 0) is 0 Å². The molecule has 0 fully saturated rings. The summed E-state index contributed by atoms with van der Waals surface area (Å²) < 4.78 is 0. The van der Waals surface area contributed by atoms with Crippen LogP contribution in [0.3, 0.4) is 0 Å². The first-order valence-corrected chi connectivity index (χ1v) is 5.20. The van der Waals surface area contributed by atoms with E-state index in [0.717, 1.165) is 11.4 Å². The van der Waals surface area contributed by atoms with Crippen molar-refractivity contribution < 1.29 is 0 Å². The molecule has 0 spiro atoms. The Morgan fingerprint density at radius 1 is 0.938 bits per heavy atom.